The molecule has 0 fully saturated rings. The monoisotopic (exact) mass is 452 g/mol. The van der Waals surface area contributed by atoms with E-state index in [1.807, 2.05) is 11.3 Å². The maximum absolute atomic E-state index is 5.59. The number of thiophene rings is 1. The Hall–Kier alpha value is -3.38. The van der Waals surface area contributed by atoms with Gasteiger partial charge in [0.2, 0.25) is 0 Å². The fourth-order valence-electron chi connectivity index (χ4n) is 4.13. The van der Waals surface area contributed by atoms with Crippen molar-refractivity contribution in [1.29, 1.82) is 0 Å². The lowest BCUT2D eigenvalue weighted by Gasteiger charge is -2.08. The van der Waals surface area contributed by atoms with Crippen molar-refractivity contribution in [3.05, 3.63) is 84.9 Å². The fourth-order valence-corrected chi connectivity index (χ4v) is 5.20. The van der Waals surface area contributed by atoms with Crippen molar-refractivity contribution >= 4 is 42.9 Å². The Morgan fingerprint density at radius 1 is 0.515 bits per heavy atom. The van der Waals surface area contributed by atoms with Gasteiger partial charge in [0, 0.05) is 57.7 Å². The number of rotatable bonds is 8. The lowest BCUT2D eigenvalue weighted by Crippen LogP contribution is -2.12. The summed E-state index contributed by atoms with van der Waals surface area (Å²) < 4.78 is 2.63. The molecule has 0 radical (unpaired) electrons. The normalized spacial score (nSPS) is 11.2. The van der Waals surface area contributed by atoms with E-state index in [1.54, 1.807) is 0 Å². The molecule has 0 spiro atoms. The van der Waals surface area contributed by atoms with Crippen molar-refractivity contribution in [2.45, 2.75) is 0 Å². The van der Waals surface area contributed by atoms with Crippen LogP contribution in [-0.2, 0) is 0 Å². The SMILES string of the molecule is NCCNc1ccc(-c2ccc3sc4ccc(-c5ccc(NCCN)cc5)cc4c3c2)cc1. The van der Waals surface area contributed by atoms with E-state index in [9.17, 15) is 0 Å². The van der Waals surface area contributed by atoms with Crippen molar-refractivity contribution < 1.29 is 0 Å². The molecule has 0 atom stereocenters. The summed E-state index contributed by atoms with van der Waals surface area (Å²) in [6.07, 6.45) is 0. The Labute approximate surface area is 198 Å². The molecular weight excluding hydrogens is 424 g/mol. The number of hydrogen-bond donors (Lipinski definition) is 4. The van der Waals surface area contributed by atoms with Gasteiger partial charge in [0.05, 0.1) is 0 Å². The molecule has 5 heteroatoms. The van der Waals surface area contributed by atoms with Crippen LogP contribution in [0.3, 0.4) is 0 Å². The van der Waals surface area contributed by atoms with Crippen LogP contribution in [0.25, 0.3) is 42.4 Å². The predicted octanol–water partition coefficient (Wildman–Crippen LogP) is 6.13. The molecule has 0 bridgehead atoms. The van der Waals surface area contributed by atoms with Crippen molar-refractivity contribution in [3.8, 4) is 22.3 Å². The largest absolute Gasteiger partial charge is 0.384 e. The van der Waals surface area contributed by atoms with Gasteiger partial charge in [0.15, 0.2) is 0 Å². The summed E-state index contributed by atoms with van der Waals surface area (Å²) in [4.78, 5) is 0. The molecule has 5 aromatic rings. The number of benzene rings is 4. The van der Waals surface area contributed by atoms with Gasteiger partial charge in [-0.1, -0.05) is 36.4 Å². The van der Waals surface area contributed by atoms with Gasteiger partial charge in [-0.2, -0.15) is 0 Å². The summed E-state index contributed by atoms with van der Waals surface area (Å²) in [5, 5.41) is 9.26. The van der Waals surface area contributed by atoms with Crippen LogP contribution < -0.4 is 22.1 Å². The molecule has 0 aliphatic rings. The summed E-state index contributed by atoms with van der Waals surface area (Å²) in [7, 11) is 0. The first kappa shape index (κ1) is 21.5. The van der Waals surface area contributed by atoms with Crippen LogP contribution in [0.4, 0.5) is 11.4 Å². The van der Waals surface area contributed by atoms with Crippen LogP contribution in [-0.4, -0.2) is 26.2 Å². The molecule has 6 N–H and O–H groups in total. The van der Waals surface area contributed by atoms with E-state index in [0.717, 1.165) is 24.5 Å². The second kappa shape index (κ2) is 9.63. The number of fused-ring (bicyclic) bond motifs is 3. The lowest BCUT2D eigenvalue weighted by molar-refractivity contribution is 1.02. The quantitative estimate of drug-likeness (QED) is 0.228. The Bertz CT molecular complexity index is 1270. The lowest BCUT2D eigenvalue weighted by atomic mass is 10.00. The third-order valence-corrected chi connectivity index (χ3v) is 7.00. The average molecular weight is 453 g/mol. The number of hydrogen-bond acceptors (Lipinski definition) is 5. The van der Waals surface area contributed by atoms with Gasteiger partial charge in [0.25, 0.3) is 0 Å². The maximum atomic E-state index is 5.59. The zero-order chi connectivity index (χ0) is 22.6. The summed E-state index contributed by atoms with van der Waals surface area (Å²) in [5.41, 5.74) is 18.3. The van der Waals surface area contributed by atoms with Crippen molar-refractivity contribution in [3.63, 3.8) is 0 Å². The summed E-state index contributed by atoms with van der Waals surface area (Å²) in [5.74, 6) is 0. The molecule has 0 unspecified atom stereocenters. The Morgan fingerprint density at radius 2 is 0.909 bits per heavy atom. The van der Waals surface area contributed by atoms with Gasteiger partial charge < -0.3 is 22.1 Å². The summed E-state index contributed by atoms with van der Waals surface area (Å²) >= 11 is 1.85. The molecule has 0 aliphatic heterocycles. The zero-order valence-corrected chi connectivity index (χ0v) is 19.3. The highest BCUT2D eigenvalue weighted by atomic mass is 32.1. The van der Waals surface area contributed by atoms with Gasteiger partial charge in [-0.25, -0.2) is 0 Å². The van der Waals surface area contributed by atoms with E-state index in [2.05, 4.69) is 95.6 Å². The first-order chi connectivity index (χ1) is 16.2. The molecule has 1 aromatic heterocycles. The topological polar surface area (TPSA) is 76.1 Å². The predicted molar refractivity (Wildman–Crippen MR) is 145 cm³/mol. The van der Waals surface area contributed by atoms with Gasteiger partial charge in [-0.3, -0.25) is 0 Å². The van der Waals surface area contributed by atoms with Crippen LogP contribution in [0.1, 0.15) is 0 Å². The molecule has 0 amide bonds. The highest BCUT2D eigenvalue weighted by Crippen LogP contribution is 2.38. The van der Waals surface area contributed by atoms with Crippen molar-refractivity contribution in [1.82, 2.24) is 0 Å². The minimum Gasteiger partial charge on any atom is -0.384 e. The van der Waals surface area contributed by atoms with E-state index in [1.165, 1.54) is 42.4 Å². The third kappa shape index (κ3) is 4.57. The zero-order valence-electron chi connectivity index (χ0n) is 18.5. The first-order valence-electron chi connectivity index (χ1n) is 11.3. The van der Waals surface area contributed by atoms with Gasteiger partial charge in [0.1, 0.15) is 0 Å². The molecule has 4 aromatic carbocycles. The minimum absolute atomic E-state index is 0.626. The van der Waals surface area contributed by atoms with Crippen molar-refractivity contribution in [2.75, 3.05) is 36.8 Å². The van der Waals surface area contributed by atoms with E-state index < -0.39 is 0 Å². The Balaban J connectivity index is 1.48. The molecule has 0 aliphatic carbocycles. The minimum atomic E-state index is 0.626. The van der Waals surface area contributed by atoms with Gasteiger partial charge in [-0.05, 0) is 70.8 Å². The third-order valence-electron chi connectivity index (χ3n) is 5.85. The molecule has 1 heterocycles. The highest BCUT2D eigenvalue weighted by Gasteiger charge is 2.09. The Morgan fingerprint density at radius 3 is 1.30 bits per heavy atom. The Kier molecular flexibility index (Phi) is 6.26. The standard InChI is InChI=1S/C28H28N4S/c29-13-15-31-23-7-1-19(2-8-23)21-5-11-27-25(17-21)26-18-22(6-12-28(26)33-27)20-3-9-24(10-4-20)32-16-14-30/h1-12,17-18,31-32H,13-16,29-30H2. The number of nitrogens with two attached hydrogens (primary N) is 2. The number of anilines is 2. The molecule has 166 valence electrons. The maximum Gasteiger partial charge on any atom is 0.0355 e. The van der Waals surface area contributed by atoms with Crippen LogP contribution in [0.2, 0.25) is 0 Å². The average Bonchev–Trinajstić information content (AvgIpc) is 3.24. The second-order valence-electron chi connectivity index (χ2n) is 8.11. The van der Waals surface area contributed by atoms with Crippen LogP contribution in [0.15, 0.2) is 84.9 Å². The van der Waals surface area contributed by atoms with E-state index in [-0.39, 0.29) is 0 Å². The molecular formula is C28H28N4S. The molecule has 4 nitrogen and oxygen atoms in total. The summed E-state index contributed by atoms with van der Waals surface area (Å²) in [6, 6.07) is 30.7. The second-order valence-corrected chi connectivity index (χ2v) is 9.19. The van der Waals surface area contributed by atoms with Gasteiger partial charge in [-0.15, -0.1) is 11.3 Å². The van der Waals surface area contributed by atoms with E-state index in [4.69, 9.17) is 11.5 Å². The number of nitrogens with one attached hydrogen (secondary N) is 2. The van der Waals surface area contributed by atoms with Crippen molar-refractivity contribution in [2.24, 2.45) is 11.5 Å². The molecule has 33 heavy (non-hydrogen) atoms. The summed E-state index contributed by atoms with van der Waals surface area (Å²) in [6.45, 7) is 2.81. The smallest absolute Gasteiger partial charge is 0.0355 e. The molecule has 0 saturated carbocycles. The fraction of sp³-hybridized carbons (Fsp3) is 0.143. The molecule has 5 rings (SSSR count). The molecule has 0 saturated heterocycles. The van der Waals surface area contributed by atoms with Crippen LogP contribution >= 0.6 is 11.3 Å². The highest BCUT2D eigenvalue weighted by molar-refractivity contribution is 7.25. The van der Waals surface area contributed by atoms with Crippen LogP contribution in [0.5, 0.6) is 0 Å². The van der Waals surface area contributed by atoms with Gasteiger partial charge >= 0.3 is 0 Å². The van der Waals surface area contributed by atoms with E-state index >= 15 is 0 Å². The van der Waals surface area contributed by atoms with E-state index in [0.29, 0.717) is 13.1 Å². The first-order valence-corrected chi connectivity index (χ1v) is 12.1. The van der Waals surface area contributed by atoms with Crippen LogP contribution in [0, 0.1) is 0 Å².